The predicted molar refractivity (Wildman–Crippen MR) is 118 cm³/mol. The van der Waals surface area contributed by atoms with Crippen LogP contribution in [0, 0.1) is 5.92 Å². The maximum absolute atomic E-state index is 11.5. The van der Waals surface area contributed by atoms with E-state index in [4.69, 9.17) is 9.15 Å². The highest BCUT2D eigenvalue weighted by atomic mass is 16.6. The van der Waals surface area contributed by atoms with Crippen LogP contribution >= 0.6 is 0 Å². The maximum Gasteiger partial charge on any atom is 0.343 e. The molecule has 5 nitrogen and oxygen atoms in total. The van der Waals surface area contributed by atoms with E-state index in [0.717, 1.165) is 44.9 Å². The molecule has 0 bridgehead atoms. The van der Waals surface area contributed by atoms with E-state index in [1.807, 2.05) is 19.9 Å². The van der Waals surface area contributed by atoms with Crippen LogP contribution in [0.5, 0.6) is 0 Å². The van der Waals surface area contributed by atoms with Gasteiger partial charge >= 0.3 is 5.97 Å². The second-order valence-electron chi connectivity index (χ2n) is 8.83. The summed E-state index contributed by atoms with van der Waals surface area (Å²) in [6.07, 6.45) is 14.8. The Morgan fingerprint density at radius 3 is 2.70 bits per heavy atom. The number of cyclic esters (lactones) is 1. The van der Waals surface area contributed by atoms with Crippen molar-refractivity contribution in [3.63, 3.8) is 0 Å². The van der Waals surface area contributed by atoms with Gasteiger partial charge in [-0.15, -0.1) is 0 Å². The highest BCUT2D eigenvalue weighted by molar-refractivity contribution is 5.93. The number of rotatable bonds is 12. The van der Waals surface area contributed by atoms with Crippen molar-refractivity contribution < 1.29 is 24.2 Å². The molecule has 5 heteroatoms. The number of furan rings is 1. The van der Waals surface area contributed by atoms with Gasteiger partial charge in [-0.1, -0.05) is 25.0 Å². The monoisotopic (exact) mass is 416 g/mol. The smallest absolute Gasteiger partial charge is 0.343 e. The van der Waals surface area contributed by atoms with Gasteiger partial charge in [-0.05, 0) is 89.3 Å². The number of hydrogen-bond donors (Lipinski definition) is 2. The first-order valence-corrected chi connectivity index (χ1v) is 10.9. The Morgan fingerprint density at radius 2 is 2.07 bits per heavy atom. The number of aliphatic hydroxyl groups is 2. The summed E-state index contributed by atoms with van der Waals surface area (Å²) in [5.41, 5.74) is 2.16. The van der Waals surface area contributed by atoms with Gasteiger partial charge in [-0.25, -0.2) is 4.79 Å². The molecule has 30 heavy (non-hydrogen) atoms. The molecule has 1 aromatic heterocycles. The summed E-state index contributed by atoms with van der Waals surface area (Å²) in [6, 6.07) is 2.01. The fourth-order valence-corrected chi connectivity index (χ4v) is 3.63. The molecule has 0 saturated carbocycles. The summed E-state index contributed by atoms with van der Waals surface area (Å²) in [5.74, 6) is -0.149. The minimum Gasteiger partial charge on any atom is -0.504 e. The first-order chi connectivity index (χ1) is 14.2. The van der Waals surface area contributed by atoms with E-state index in [1.165, 1.54) is 11.1 Å². The SMILES string of the molecule is CC1=C(O)/C(=C/C(C)CCCC(C)(O)CC/C=C(\C)CCCc2ccoc2)OC1=O. The van der Waals surface area contributed by atoms with Crippen molar-refractivity contribution in [1.29, 1.82) is 0 Å². The standard InChI is InChI=1S/C25H36O5/c1-18(8-5-11-21-12-15-29-17-21)9-6-13-25(4,28)14-7-10-19(2)16-22-23(26)20(3)24(27)30-22/h9,12,15-17,19,26,28H,5-8,10-11,13-14H2,1-4H3/b18-9+,22-16-. The van der Waals surface area contributed by atoms with Crippen molar-refractivity contribution >= 4 is 5.97 Å². The van der Waals surface area contributed by atoms with E-state index in [1.54, 1.807) is 25.5 Å². The summed E-state index contributed by atoms with van der Waals surface area (Å²) >= 11 is 0. The van der Waals surface area contributed by atoms with Crippen LogP contribution in [-0.4, -0.2) is 21.8 Å². The lowest BCUT2D eigenvalue weighted by molar-refractivity contribution is -0.133. The predicted octanol–water partition coefficient (Wildman–Crippen LogP) is 6.16. The first-order valence-electron chi connectivity index (χ1n) is 10.9. The molecule has 166 valence electrons. The lowest BCUT2D eigenvalue weighted by atomic mass is 9.91. The third kappa shape index (κ3) is 7.86. The summed E-state index contributed by atoms with van der Waals surface area (Å²) in [5, 5.41) is 20.6. The fraction of sp³-hybridized carbons (Fsp3) is 0.560. The number of carbonyl (C=O) groups is 1. The molecule has 1 aromatic rings. The lowest BCUT2D eigenvalue weighted by Crippen LogP contribution is -2.23. The Bertz CT molecular complexity index is 780. The Balaban J connectivity index is 1.65. The second-order valence-corrected chi connectivity index (χ2v) is 8.83. The number of hydrogen-bond acceptors (Lipinski definition) is 5. The second kappa shape index (κ2) is 11.2. The molecule has 2 heterocycles. The van der Waals surface area contributed by atoms with Crippen molar-refractivity contribution in [2.24, 2.45) is 5.92 Å². The molecule has 0 aromatic carbocycles. The van der Waals surface area contributed by atoms with Crippen molar-refractivity contribution in [3.05, 3.63) is 59.0 Å². The molecule has 1 aliphatic heterocycles. The van der Waals surface area contributed by atoms with Gasteiger partial charge in [0.25, 0.3) is 0 Å². The van der Waals surface area contributed by atoms with Crippen LogP contribution in [0.1, 0.15) is 78.2 Å². The summed E-state index contributed by atoms with van der Waals surface area (Å²) < 4.78 is 10.2. The summed E-state index contributed by atoms with van der Waals surface area (Å²) in [4.78, 5) is 11.5. The number of carbonyl (C=O) groups excluding carboxylic acids is 1. The van der Waals surface area contributed by atoms with Crippen molar-refractivity contribution in [2.45, 2.75) is 84.7 Å². The van der Waals surface area contributed by atoms with Crippen molar-refractivity contribution in [2.75, 3.05) is 0 Å². The molecule has 0 saturated heterocycles. The zero-order valence-corrected chi connectivity index (χ0v) is 18.7. The zero-order valence-electron chi connectivity index (χ0n) is 18.7. The van der Waals surface area contributed by atoms with E-state index in [2.05, 4.69) is 13.0 Å². The number of aryl methyl sites for hydroxylation is 1. The third-order valence-electron chi connectivity index (χ3n) is 5.70. The summed E-state index contributed by atoms with van der Waals surface area (Å²) in [7, 11) is 0. The number of ether oxygens (including phenoxy) is 1. The molecule has 0 spiro atoms. The van der Waals surface area contributed by atoms with Gasteiger partial charge in [-0.3, -0.25) is 0 Å². The largest absolute Gasteiger partial charge is 0.504 e. The number of esters is 1. The van der Waals surface area contributed by atoms with E-state index in [-0.39, 0.29) is 23.0 Å². The molecule has 0 radical (unpaired) electrons. The average Bonchev–Trinajstić information content (AvgIpc) is 3.26. The van der Waals surface area contributed by atoms with Gasteiger partial charge in [0.05, 0.1) is 23.7 Å². The van der Waals surface area contributed by atoms with Gasteiger partial charge in [0.2, 0.25) is 0 Å². The molecule has 2 unspecified atom stereocenters. The molecule has 0 amide bonds. The van der Waals surface area contributed by atoms with Gasteiger partial charge in [0.1, 0.15) is 0 Å². The minimum absolute atomic E-state index is 0.0641. The molecule has 0 aliphatic carbocycles. The average molecular weight is 417 g/mol. The quantitative estimate of drug-likeness (QED) is 0.315. The Kier molecular flexibility index (Phi) is 8.97. The van der Waals surface area contributed by atoms with E-state index >= 15 is 0 Å². The normalized spacial score (nSPS) is 19.3. The Morgan fingerprint density at radius 1 is 1.30 bits per heavy atom. The van der Waals surface area contributed by atoms with E-state index in [0.29, 0.717) is 6.42 Å². The zero-order chi connectivity index (χ0) is 22.1. The number of allylic oxidation sites excluding steroid dienone is 3. The van der Waals surface area contributed by atoms with Crippen LogP contribution in [0.25, 0.3) is 0 Å². The van der Waals surface area contributed by atoms with Crippen LogP contribution < -0.4 is 0 Å². The van der Waals surface area contributed by atoms with Gasteiger partial charge in [0, 0.05) is 0 Å². The van der Waals surface area contributed by atoms with Crippen LogP contribution in [-0.2, 0) is 16.0 Å². The lowest BCUT2D eigenvalue weighted by Gasteiger charge is -2.23. The summed E-state index contributed by atoms with van der Waals surface area (Å²) in [6.45, 7) is 7.62. The van der Waals surface area contributed by atoms with Crippen LogP contribution in [0.4, 0.5) is 0 Å². The van der Waals surface area contributed by atoms with E-state index < -0.39 is 11.6 Å². The molecule has 1 aliphatic rings. The highest BCUT2D eigenvalue weighted by Crippen LogP contribution is 2.27. The maximum atomic E-state index is 11.5. The molecular weight excluding hydrogens is 380 g/mol. The van der Waals surface area contributed by atoms with Gasteiger partial charge < -0.3 is 19.4 Å². The van der Waals surface area contributed by atoms with Gasteiger partial charge in [0.15, 0.2) is 11.5 Å². The van der Waals surface area contributed by atoms with E-state index in [9.17, 15) is 15.0 Å². The highest BCUT2D eigenvalue weighted by Gasteiger charge is 2.26. The van der Waals surface area contributed by atoms with Crippen LogP contribution in [0.3, 0.4) is 0 Å². The number of aliphatic hydroxyl groups excluding tert-OH is 1. The minimum atomic E-state index is -0.696. The fourth-order valence-electron chi connectivity index (χ4n) is 3.63. The molecular formula is C25H36O5. The van der Waals surface area contributed by atoms with Crippen LogP contribution in [0.2, 0.25) is 0 Å². The Labute approximate surface area is 180 Å². The topological polar surface area (TPSA) is 79.9 Å². The van der Waals surface area contributed by atoms with Crippen LogP contribution in [0.15, 0.2) is 57.8 Å². The first kappa shape index (κ1) is 24.0. The third-order valence-corrected chi connectivity index (χ3v) is 5.70. The molecule has 2 atom stereocenters. The van der Waals surface area contributed by atoms with Crippen molar-refractivity contribution in [1.82, 2.24) is 0 Å². The molecule has 2 rings (SSSR count). The van der Waals surface area contributed by atoms with Gasteiger partial charge in [-0.2, -0.15) is 0 Å². The molecule has 0 fully saturated rings. The Hall–Kier alpha value is -2.27. The van der Waals surface area contributed by atoms with Crippen molar-refractivity contribution in [3.8, 4) is 0 Å². The molecule has 2 N–H and O–H groups in total.